The molecule has 1 aromatic heterocycles. The number of carbonyl (C=O) groups excluding carboxylic acids is 1. The van der Waals surface area contributed by atoms with Crippen LogP contribution in [-0.4, -0.2) is 66.1 Å². The lowest BCUT2D eigenvalue weighted by atomic mass is 10.0. The molecule has 2 aliphatic heterocycles. The van der Waals surface area contributed by atoms with Crippen LogP contribution in [0.25, 0.3) is 0 Å². The quantitative estimate of drug-likeness (QED) is 0.880. The van der Waals surface area contributed by atoms with Gasteiger partial charge in [0, 0.05) is 19.1 Å². The fourth-order valence-corrected chi connectivity index (χ4v) is 4.13. The third-order valence-electron chi connectivity index (χ3n) is 5.14. The van der Waals surface area contributed by atoms with Crippen LogP contribution in [0.2, 0.25) is 5.15 Å². The van der Waals surface area contributed by atoms with E-state index in [0.717, 1.165) is 31.7 Å². The second-order valence-corrected chi connectivity index (χ2v) is 7.14. The highest BCUT2D eigenvalue weighted by atomic mass is 35.5. The Morgan fingerprint density at radius 3 is 2.62 bits per heavy atom. The Hall–Kier alpha value is -1.44. The molecular weight excluding hydrogens is 332 g/mol. The second-order valence-electron chi connectivity index (χ2n) is 6.75. The number of nitrogens with one attached hydrogen (secondary N) is 1. The minimum atomic E-state index is -0.421. The van der Waals surface area contributed by atoms with Crippen molar-refractivity contribution in [3.63, 3.8) is 0 Å². The number of aromatic nitrogens is 2. The maximum atomic E-state index is 12.5. The highest BCUT2D eigenvalue weighted by Gasteiger charge is 2.44. The van der Waals surface area contributed by atoms with Crippen LogP contribution >= 0.6 is 11.6 Å². The van der Waals surface area contributed by atoms with Gasteiger partial charge in [0.2, 0.25) is 0 Å². The van der Waals surface area contributed by atoms with Gasteiger partial charge in [-0.3, -0.25) is 4.79 Å². The Bertz CT molecular complexity index is 579. The van der Waals surface area contributed by atoms with Crippen molar-refractivity contribution in [1.82, 2.24) is 15.1 Å². The van der Waals surface area contributed by atoms with Crippen LogP contribution in [0.5, 0.6) is 0 Å². The number of hydrogen-bond donors (Lipinski definition) is 1. The summed E-state index contributed by atoms with van der Waals surface area (Å²) in [6.07, 6.45) is 1.66. The van der Waals surface area contributed by atoms with Gasteiger partial charge in [0.05, 0.1) is 19.8 Å². The standard InChI is InChI=1S/C16H21ClN4O3/c17-14-1-2-15(20-19-14)18-12-5-10-7-21(8-11(10)6-12)16(22)13-9-23-3-4-24-13/h1-2,10-13H,3-9H2,(H,18,20)/t10-,11?,12+,13+/m1/s1. The molecule has 3 aliphatic rings. The minimum absolute atomic E-state index is 0.0807. The van der Waals surface area contributed by atoms with E-state index in [0.29, 0.717) is 42.9 Å². The van der Waals surface area contributed by atoms with Gasteiger partial charge in [0.15, 0.2) is 11.3 Å². The van der Waals surface area contributed by atoms with Crippen LogP contribution in [-0.2, 0) is 14.3 Å². The van der Waals surface area contributed by atoms with E-state index in [1.807, 2.05) is 11.0 Å². The van der Waals surface area contributed by atoms with Crippen LogP contribution < -0.4 is 5.32 Å². The van der Waals surface area contributed by atoms with Crippen LogP contribution in [0.3, 0.4) is 0 Å². The van der Waals surface area contributed by atoms with E-state index in [-0.39, 0.29) is 5.91 Å². The fourth-order valence-electron chi connectivity index (χ4n) is 4.03. The van der Waals surface area contributed by atoms with E-state index >= 15 is 0 Å². The summed E-state index contributed by atoms with van der Waals surface area (Å²) < 4.78 is 10.9. The first-order valence-electron chi connectivity index (χ1n) is 8.43. The third kappa shape index (κ3) is 3.34. The number of rotatable bonds is 3. The van der Waals surface area contributed by atoms with Gasteiger partial charge < -0.3 is 19.7 Å². The summed E-state index contributed by atoms with van der Waals surface area (Å²) in [5, 5.41) is 11.7. The molecule has 1 aromatic rings. The van der Waals surface area contributed by atoms with Gasteiger partial charge in [0.25, 0.3) is 5.91 Å². The Morgan fingerprint density at radius 1 is 1.21 bits per heavy atom. The Labute approximate surface area is 145 Å². The Kier molecular flexibility index (Phi) is 4.56. The number of nitrogens with zero attached hydrogens (tertiary/aromatic N) is 3. The Morgan fingerprint density at radius 2 is 2.00 bits per heavy atom. The lowest BCUT2D eigenvalue weighted by Gasteiger charge is -2.27. The molecule has 24 heavy (non-hydrogen) atoms. The summed E-state index contributed by atoms with van der Waals surface area (Å²) in [5.74, 6) is 1.91. The third-order valence-corrected chi connectivity index (χ3v) is 5.34. The van der Waals surface area contributed by atoms with Crippen LogP contribution in [0, 0.1) is 11.8 Å². The fraction of sp³-hybridized carbons (Fsp3) is 0.688. The first-order valence-corrected chi connectivity index (χ1v) is 8.81. The molecule has 4 atom stereocenters. The monoisotopic (exact) mass is 352 g/mol. The van der Waals surface area contributed by atoms with Crippen molar-refractivity contribution < 1.29 is 14.3 Å². The van der Waals surface area contributed by atoms with E-state index in [9.17, 15) is 4.79 Å². The van der Waals surface area contributed by atoms with Crippen molar-refractivity contribution >= 4 is 23.3 Å². The zero-order valence-corrected chi connectivity index (χ0v) is 14.1. The zero-order chi connectivity index (χ0) is 16.5. The predicted molar refractivity (Wildman–Crippen MR) is 87.8 cm³/mol. The summed E-state index contributed by atoms with van der Waals surface area (Å²) in [6, 6.07) is 3.96. The Balaban J connectivity index is 1.30. The van der Waals surface area contributed by atoms with Crippen LogP contribution in [0.1, 0.15) is 12.8 Å². The summed E-state index contributed by atoms with van der Waals surface area (Å²) in [4.78, 5) is 14.5. The molecule has 1 amide bonds. The molecule has 130 valence electrons. The zero-order valence-electron chi connectivity index (χ0n) is 13.4. The van der Waals surface area contributed by atoms with Crippen molar-refractivity contribution in [2.24, 2.45) is 11.8 Å². The second kappa shape index (κ2) is 6.82. The number of amides is 1. The number of ether oxygens (including phenoxy) is 2. The van der Waals surface area contributed by atoms with Crippen molar-refractivity contribution in [2.45, 2.75) is 25.0 Å². The molecule has 3 heterocycles. The maximum Gasteiger partial charge on any atom is 0.254 e. The van der Waals surface area contributed by atoms with Gasteiger partial charge in [-0.05, 0) is 36.8 Å². The molecule has 0 aromatic carbocycles. The predicted octanol–water partition coefficient (Wildman–Crippen LogP) is 1.19. The van der Waals surface area contributed by atoms with E-state index in [2.05, 4.69) is 15.5 Å². The molecule has 4 rings (SSSR count). The average molecular weight is 353 g/mol. The molecule has 0 spiro atoms. The smallest absolute Gasteiger partial charge is 0.254 e. The lowest BCUT2D eigenvalue weighted by Crippen LogP contribution is -2.45. The largest absolute Gasteiger partial charge is 0.376 e. The van der Waals surface area contributed by atoms with Crippen molar-refractivity contribution in [3.05, 3.63) is 17.3 Å². The number of carbonyl (C=O) groups is 1. The molecular formula is C16H21ClN4O3. The van der Waals surface area contributed by atoms with Crippen LogP contribution in [0.4, 0.5) is 5.82 Å². The topological polar surface area (TPSA) is 76.6 Å². The maximum absolute atomic E-state index is 12.5. The summed E-state index contributed by atoms with van der Waals surface area (Å²) >= 11 is 5.76. The molecule has 1 aliphatic carbocycles. The molecule has 1 N–H and O–H groups in total. The first-order chi connectivity index (χ1) is 11.7. The molecule has 0 radical (unpaired) electrons. The normalized spacial score (nSPS) is 32.6. The lowest BCUT2D eigenvalue weighted by molar-refractivity contribution is -0.157. The highest BCUT2D eigenvalue weighted by Crippen LogP contribution is 2.39. The number of fused-ring (bicyclic) bond motifs is 1. The number of halogens is 1. The van der Waals surface area contributed by atoms with Gasteiger partial charge in [0.1, 0.15) is 5.82 Å². The molecule has 8 heteroatoms. The molecule has 7 nitrogen and oxygen atoms in total. The summed E-state index contributed by atoms with van der Waals surface area (Å²) in [5.41, 5.74) is 0. The number of hydrogen-bond acceptors (Lipinski definition) is 6. The summed E-state index contributed by atoms with van der Waals surface area (Å²) in [6.45, 7) is 3.09. The minimum Gasteiger partial charge on any atom is -0.376 e. The molecule has 2 saturated heterocycles. The van der Waals surface area contributed by atoms with Crippen molar-refractivity contribution in [2.75, 3.05) is 38.2 Å². The number of likely N-dealkylation sites (tertiary alicyclic amines) is 1. The molecule has 0 bridgehead atoms. The van der Waals surface area contributed by atoms with Gasteiger partial charge in [-0.2, -0.15) is 0 Å². The first kappa shape index (κ1) is 16.1. The van der Waals surface area contributed by atoms with Gasteiger partial charge >= 0.3 is 0 Å². The SMILES string of the molecule is O=C([C@@H]1COCCO1)N1CC2C[C@@H](Nc3ccc(Cl)nn3)C[C@@H]2C1. The highest BCUT2D eigenvalue weighted by molar-refractivity contribution is 6.29. The molecule has 1 saturated carbocycles. The van der Waals surface area contributed by atoms with Gasteiger partial charge in [-0.1, -0.05) is 11.6 Å². The van der Waals surface area contributed by atoms with Crippen molar-refractivity contribution in [3.8, 4) is 0 Å². The van der Waals surface area contributed by atoms with Gasteiger partial charge in [-0.15, -0.1) is 10.2 Å². The van der Waals surface area contributed by atoms with Crippen LogP contribution in [0.15, 0.2) is 12.1 Å². The van der Waals surface area contributed by atoms with E-state index < -0.39 is 6.10 Å². The van der Waals surface area contributed by atoms with Crippen molar-refractivity contribution in [1.29, 1.82) is 0 Å². The molecule has 3 fully saturated rings. The van der Waals surface area contributed by atoms with E-state index in [1.54, 1.807) is 6.07 Å². The average Bonchev–Trinajstić information content (AvgIpc) is 3.15. The van der Waals surface area contributed by atoms with E-state index in [1.165, 1.54) is 0 Å². The number of anilines is 1. The molecule has 1 unspecified atom stereocenters. The summed E-state index contributed by atoms with van der Waals surface area (Å²) in [7, 11) is 0. The van der Waals surface area contributed by atoms with Gasteiger partial charge in [-0.25, -0.2) is 0 Å². The van der Waals surface area contributed by atoms with E-state index in [4.69, 9.17) is 21.1 Å².